The second-order valence-electron chi connectivity index (χ2n) is 4.11. The monoisotopic (exact) mass is 309 g/mol. The van der Waals surface area contributed by atoms with Crippen molar-refractivity contribution in [3.63, 3.8) is 0 Å². The molecule has 2 aromatic heterocycles. The van der Waals surface area contributed by atoms with Crippen molar-refractivity contribution in [1.29, 1.82) is 0 Å². The van der Waals surface area contributed by atoms with Crippen LogP contribution in [0.25, 0.3) is 11.0 Å². The number of aromatic nitrogens is 1. The summed E-state index contributed by atoms with van der Waals surface area (Å²) in [6.07, 6.45) is 0.972. The first kappa shape index (κ1) is 13.1. The van der Waals surface area contributed by atoms with Gasteiger partial charge in [-0.15, -0.1) is 0 Å². The number of nitrogens with zero attached hydrogens (tertiary/aromatic N) is 1. The fourth-order valence-corrected chi connectivity index (χ4v) is 2.37. The summed E-state index contributed by atoms with van der Waals surface area (Å²) in [5.41, 5.74) is 0.467. The van der Waals surface area contributed by atoms with Crippen molar-refractivity contribution in [3.8, 4) is 0 Å². The molecular weight excluding hydrogens is 304 g/mol. The van der Waals surface area contributed by atoms with Crippen LogP contribution in [0.3, 0.4) is 0 Å². The molecule has 2 heterocycles. The second kappa shape index (κ2) is 4.89. The maximum Gasteiger partial charge on any atom is 0.246 e. The molecule has 0 radical (unpaired) electrons. The van der Waals surface area contributed by atoms with Gasteiger partial charge in [-0.1, -0.05) is 23.2 Å². The number of rotatable bonds is 2. The molecule has 0 fully saturated rings. The van der Waals surface area contributed by atoms with E-state index in [4.69, 9.17) is 27.6 Å². The number of furan rings is 1. The van der Waals surface area contributed by atoms with E-state index >= 15 is 0 Å². The highest BCUT2D eigenvalue weighted by atomic mass is 35.5. The molecule has 20 heavy (non-hydrogen) atoms. The minimum absolute atomic E-state index is 0.0725. The van der Waals surface area contributed by atoms with Gasteiger partial charge in [0, 0.05) is 10.4 Å². The Morgan fingerprint density at radius 1 is 1.20 bits per heavy atom. The molecule has 0 atom stereocenters. The largest absolute Gasteiger partial charge is 0.451 e. The summed E-state index contributed by atoms with van der Waals surface area (Å²) in [7, 11) is 0. The highest BCUT2D eigenvalue weighted by molar-refractivity contribution is 6.38. The molecule has 0 saturated carbocycles. The van der Waals surface area contributed by atoms with Crippen molar-refractivity contribution >= 4 is 40.0 Å². The molecule has 3 nitrogen and oxygen atoms in total. The van der Waals surface area contributed by atoms with Crippen LogP contribution >= 0.6 is 23.2 Å². The Balaban J connectivity index is 2.08. The molecular formula is C14H6Cl2FNO2. The summed E-state index contributed by atoms with van der Waals surface area (Å²) >= 11 is 11.9. The zero-order chi connectivity index (χ0) is 14.3. The van der Waals surface area contributed by atoms with Gasteiger partial charge >= 0.3 is 0 Å². The van der Waals surface area contributed by atoms with Gasteiger partial charge in [0.25, 0.3) is 0 Å². The van der Waals surface area contributed by atoms with Crippen LogP contribution in [0.5, 0.6) is 0 Å². The predicted molar refractivity (Wildman–Crippen MR) is 73.9 cm³/mol. The first-order chi connectivity index (χ1) is 9.54. The summed E-state index contributed by atoms with van der Waals surface area (Å²) < 4.78 is 18.2. The molecule has 0 aliphatic heterocycles. The van der Waals surface area contributed by atoms with Gasteiger partial charge in [0.15, 0.2) is 11.3 Å². The molecule has 1 aromatic carbocycles. The Hall–Kier alpha value is -1.91. The number of fused-ring (bicyclic) bond motifs is 1. The summed E-state index contributed by atoms with van der Waals surface area (Å²) in [4.78, 5) is 15.9. The molecule has 0 bridgehead atoms. The number of hydrogen-bond acceptors (Lipinski definition) is 3. The van der Waals surface area contributed by atoms with Crippen molar-refractivity contribution < 1.29 is 13.6 Å². The molecule has 3 aromatic rings. The third-order valence-electron chi connectivity index (χ3n) is 2.72. The molecule has 0 saturated heterocycles. The van der Waals surface area contributed by atoms with Gasteiger partial charge in [0.05, 0.1) is 11.2 Å². The smallest absolute Gasteiger partial charge is 0.246 e. The molecule has 0 N–H and O–H groups in total. The second-order valence-corrected chi connectivity index (χ2v) is 4.95. The van der Waals surface area contributed by atoms with Crippen molar-refractivity contribution in [2.75, 3.05) is 0 Å². The van der Waals surface area contributed by atoms with Crippen LogP contribution in [0.15, 0.2) is 40.9 Å². The molecule has 0 aliphatic rings. The van der Waals surface area contributed by atoms with Gasteiger partial charge in [-0.3, -0.25) is 4.79 Å². The zero-order valence-electron chi connectivity index (χ0n) is 9.86. The van der Waals surface area contributed by atoms with Crippen LogP contribution in [0.4, 0.5) is 4.39 Å². The van der Waals surface area contributed by atoms with Crippen molar-refractivity contribution in [2.24, 2.45) is 0 Å². The number of carbonyl (C=O) groups excluding carboxylic acids is 1. The van der Waals surface area contributed by atoms with E-state index in [-0.39, 0.29) is 11.5 Å². The number of hydrogen-bond donors (Lipinski definition) is 0. The predicted octanol–water partition coefficient (Wildman–Crippen LogP) is 4.50. The Morgan fingerprint density at radius 3 is 2.70 bits per heavy atom. The number of benzene rings is 1. The van der Waals surface area contributed by atoms with E-state index in [0.29, 0.717) is 21.0 Å². The summed E-state index contributed by atoms with van der Waals surface area (Å²) in [5.74, 6) is -0.891. The lowest BCUT2D eigenvalue weighted by Gasteiger charge is -1.96. The van der Waals surface area contributed by atoms with Gasteiger partial charge in [0.1, 0.15) is 11.5 Å². The van der Waals surface area contributed by atoms with Crippen molar-refractivity contribution in [3.05, 3.63) is 63.8 Å². The molecule has 100 valence electrons. The average Bonchev–Trinajstić information content (AvgIpc) is 2.83. The maximum atomic E-state index is 12.8. The molecule has 0 unspecified atom stereocenters. The number of carbonyl (C=O) groups is 1. The van der Waals surface area contributed by atoms with E-state index in [1.165, 1.54) is 18.2 Å². The molecule has 0 aliphatic carbocycles. The lowest BCUT2D eigenvalue weighted by atomic mass is 10.2. The average molecular weight is 310 g/mol. The lowest BCUT2D eigenvalue weighted by molar-refractivity contribution is 0.101. The quantitative estimate of drug-likeness (QED) is 0.654. The number of pyridine rings is 1. The summed E-state index contributed by atoms with van der Waals surface area (Å²) in [6, 6.07) is 7.15. The SMILES string of the molecule is O=C(c1ccc(F)cn1)c1cc2cc(Cl)cc(Cl)c2o1. The van der Waals surface area contributed by atoms with Crippen molar-refractivity contribution in [2.45, 2.75) is 0 Å². The summed E-state index contributed by atoms with van der Waals surface area (Å²) in [6.45, 7) is 0. The van der Waals surface area contributed by atoms with Crippen LogP contribution in [0.1, 0.15) is 16.2 Å². The Bertz CT molecular complexity index is 812. The van der Waals surface area contributed by atoms with Crippen molar-refractivity contribution in [1.82, 2.24) is 4.98 Å². The van der Waals surface area contributed by atoms with Gasteiger partial charge in [-0.2, -0.15) is 0 Å². The normalized spacial score (nSPS) is 10.9. The van der Waals surface area contributed by atoms with Gasteiger partial charge in [0.2, 0.25) is 5.78 Å². The standard InChI is InChI=1S/C14H6Cl2FNO2/c15-8-3-7-4-12(20-14(7)10(16)5-8)13(19)11-2-1-9(17)6-18-11/h1-6H. The summed E-state index contributed by atoms with van der Waals surface area (Å²) in [5, 5.41) is 1.38. The Morgan fingerprint density at radius 2 is 2.00 bits per heavy atom. The third kappa shape index (κ3) is 2.28. The van der Waals surface area contributed by atoms with E-state index in [2.05, 4.69) is 4.98 Å². The molecule has 0 amide bonds. The van der Waals surface area contributed by atoms with E-state index in [1.807, 2.05) is 0 Å². The first-order valence-electron chi connectivity index (χ1n) is 5.59. The lowest BCUT2D eigenvalue weighted by Crippen LogP contribution is -2.02. The van der Waals surface area contributed by atoms with E-state index in [1.54, 1.807) is 6.07 Å². The minimum Gasteiger partial charge on any atom is -0.451 e. The van der Waals surface area contributed by atoms with E-state index < -0.39 is 11.6 Å². The maximum absolute atomic E-state index is 12.8. The topological polar surface area (TPSA) is 43.1 Å². The van der Waals surface area contributed by atoms with Gasteiger partial charge in [-0.05, 0) is 30.3 Å². The number of halogens is 3. The van der Waals surface area contributed by atoms with Gasteiger partial charge in [-0.25, -0.2) is 9.37 Å². The fraction of sp³-hybridized carbons (Fsp3) is 0. The van der Waals surface area contributed by atoms with Crippen LogP contribution in [-0.2, 0) is 0 Å². The molecule has 0 spiro atoms. The zero-order valence-corrected chi connectivity index (χ0v) is 11.4. The molecule has 6 heteroatoms. The van der Waals surface area contributed by atoms with Crippen LogP contribution < -0.4 is 0 Å². The van der Waals surface area contributed by atoms with Crippen LogP contribution in [0, 0.1) is 5.82 Å². The van der Waals surface area contributed by atoms with Crippen LogP contribution in [0.2, 0.25) is 10.0 Å². The Kier molecular flexibility index (Phi) is 3.20. The fourth-order valence-electron chi connectivity index (χ4n) is 1.82. The van der Waals surface area contributed by atoms with E-state index in [0.717, 1.165) is 12.3 Å². The minimum atomic E-state index is -0.513. The number of ketones is 1. The van der Waals surface area contributed by atoms with E-state index in [9.17, 15) is 9.18 Å². The van der Waals surface area contributed by atoms with Gasteiger partial charge < -0.3 is 4.42 Å². The molecule has 3 rings (SSSR count). The van der Waals surface area contributed by atoms with Crippen LogP contribution in [-0.4, -0.2) is 10.8 Å². The first-order valence-corrected chi connectivity index (χ1v) is 6.35. The third-order valence-corrected chi connectivity index (χ3v) is 3.22. The highest BCUT2D eigenvalue weighted by Crippen LogP contribution is 2.31. The highest BCUT2D eigenvalue weighted by Gasteiger charge is 2.17. The Labute approximate surface area is 122 Å².